The van der Waals surface area contributed by atoms with E-state index in [1.807, 2.05) is 21.6 Å². The van der Waals surface area contributed by atoms with Crippen LogP contribution in [-0.4, -0.2) is 68.2 Å². The Labute approximate surface area is 276 Å². The fraction of sp³-hybridized carbons (Fsp3) is 0.645. The van der Waals surface area contributed by atoms with Crippen LogP contribution in [0.3, 0.4) is 0 Å². The van der Waals surface area contributed by atoms with Crippen LogP contribution in [0.15, 0.2) is 23.2 Å². The number of unbranched alkanes of at least 4 members (excludes halogenated alkanes) is 12. The molecule has 2 heterocycles. The van der Waals surface area contributed by atoms with Crippen molar-refractivity contribution in [2.24, 2.45) is 4.99 Å². The topological polar surface area (TPSA) is 135 Å². The number of fused-ring (bicyclic) bond motifs is 1. The molecule has 0 bridgehead atoms. The fourth-order valence-corrected chi connectivity index (χ4v) is 8.87. The minimum atomic E-state index is -0.934. The number of thioether (sulfide) groups is 1. The molecule has 244 valence electrons. The van der Waals surface area contributed by atoms with Gasteiger partial charge in [0.1, 0.15) is 15.8 Å². The van der Waals surface area contributed by atoms with Crippen molar-refractivity contribution in [2.45, 2.75) is 102 Å². The molecule has 3 rings (SSSR count). The zero-order valence-corrected chi connectivity index (χ0v) is 28.5. The molecule has 0 fully saturated rings. The normalized spacial score (nSPS) is 14.5. The highest BCUT2D eigenvalue weighted by Gasteiger charge is 2.27. The molecule has 0 saturated carbocycles. The summed E-state index contributed by atoms with van der Waals surface area (Å²) >= 11 is 2.78. The Morgan fingerprint density at radius 3 is 2.07 bits per heavy atom. The van der Waals surface area contributed by atoms with Gasteiger partial charge in [0, 0.05) is 29.7 Å². The van der Waals surface area contributed by atoms with Crippen LogP contribution in [0.4, 0.5) is 4.79 Å². The zero-order valence-electron chi connectivity index (χ0n) is 25.2. The average Bonchev–Trinajstić information content (AvgIpc) is 3.65. The number of rotatable bonds is 24. The zero-order chi connectivity index (χ0) is 31.4. The lowest BCUT2D eigenvalue weighted by molar-refractivity contribution is -0.138. The number of hydrogen-bond acceptors (Lipinski definition) is 11. The Morgan fingerprint density at radius 1 is 0.841 bits per heavy atom. The minimum Gasteiger partial charge on any atom is -0.481 e. The van der Waals surface area contributed by atoms with Crippen LogP contribution in [-0.2, 0) is 14.3 Å². The summed E-state index contributed by atoms with van der Waals surface area (Å²) < 4.78 is 11.4. The van der Waals surface area contributed by atoms with Crippen molar-refractivity contribution in [1.29, 1.82) is 0 Å². The molecule has 44 heavy (non-hydrogen) atoms. The lowest BCUT2D eigenvalue weighted by atomic mass is 10.0. The average molecular weight is 685 g/mol. The molecule has 9 nitrogen and oxygen atoms in total. The summed E-state index contributed by atoms with van der Waals surface area (Å²) in [6.07, 6.45) is 16.3. The highest BCUT2D eigenvalue weighted by Crippen LogP contribution is 2.32. The van der Waals surface area contributed by atoms with E-state index in [1.54, 1.807) is 18.2 Å². The molecular weight excluding hydrogens is 641 g/mol. The van der Waals surface area contributed by atoms with Crippen molar-refractivity contribution < 1.29 is 34.1 Å². The first kappa shape index (κ1) is 36.5. The molecule has 0 spiro atoms. The van der Waals surface area contributed by atoms with Crippen LogP contribution in [0.5, 0.6) is 5.75 Å². The SMILES string of the molecule is O=C(O)CCCCCCCCCCCCCCCSSCCCOC(=O)Oc1ccc2nc(C3=N[C@@H](C(=O)O)CS3)sc2c1. The van der Waals surface area contributed by atoms with Gasteiger partial charge in [-0.25, -0.2) is 14.6 Å². The molecule has 1 aliphatic rings. The fourth-order valence-electron chi connectivity index (χ4n) is 4.58. The largest absolute Gasteiger partial charge is 0.513 e. The summed E-state index contributed by atoms with van der Waals surface area (Å²) in [5, 5.41) is 19.1. The van der Waals surface area contributed by atoms with Gasteiger partial charge < -0.3 is 19.7 Å². The third kappa shape index (κ3) is 14.9. The third-order valence-corrected chi connectivity index (χ3v) is 11.8. The van der Waals surface area contributed by atoms with Gasteiger partial charge in [0.15, 0.2) is 6.04 Å². The number of ether oxygens (including phenoxy) is 2. The van der Waals surface area contributed by atoms with Crippen LogP contribution in [0.25, 0.3) is 10.2 Å². The number of hydrogen-bond donors (Lipinski definition) is 2. The summed E-state index contributed by atoms with van der Waals surface area (Å²) in [4.78, 5) is 42.5. The number of aromatic nitrogens is 1. The molecule has 0 saturated heterocycles. The first-order chi connectivity index (χ1) is 21.4. The maximum absolute atomic E-state index is 12.1. The summed E-state index contributed by atoms with van der Waals surface area (Å²) in [6.45, 7) is 0.313. The minimum absolute atomic E-state index is 0.309. The second-order valence-electron chi connectivity index (χ2n) is 10.7. The Kier molecular flexibility index (Phi) is 18.0. The number of carboxylic acid groups (broad SMARTS) is 2. The van der Waals surface area contributed by atoms with Gasteiger partial charge in [0.25, 0.3) is 0 Å². The van der Waals surface area contributed by atoms with E-state index >= 15 is 0 Å². The van der Waals surface area contributed by atoms with Crippen molar-refractivity contribution in [3.63, 3.8) is 0 Å². The van der Waals surface area contributed by atoms with E-state index in [0.717, 1.165) is 41.0 Å². The van der Waals surface area contributed by atoms with E-state index < -0.39 is 24.1 Å². The molecule has 13 heteroatoms. The van der Waals surface area contributed by atoms with Crippen molar-refractivity contribution in [3.8, 4) is 5.75 Å². The molecule has 1 aromatic heterocycles. The van der Waals surface area contributed by atoms with E-state index in [2.05, 4.69) is 9.98 Å². The van der Waals surface area contributed by atoms with E-state index in [-0.39, 0.29) is 0 Å². The number of aliphatic carboxylic acids is 2. The molecule has 1 aromatic carbocycles. The quantitative estimate of drug-likeness (QED) is 0.0474. The molecule has 2 N–H and O–H groups in total. The molecule has 2 aromatic rings. The number of carbonyl (C=O) groups is 3. The second kappa shape index (κ2) is 21.7. The molecule has 0 amide bonds. The summed E-state index contributed by atoms with van der Waals surface area (Å²) in [5.74, 6) is 1.23. The van der Waals surface area contributed by atoms with Gasteiger partial charge in [-0.1, -0.05) is 92.2 Å². The Morgan fingerprint density at radius 2 is 1.45 bits per heavy atom. The van der Waals surface area contributed by atoms with Crippen molar-refractivity contribution >= 4 is 78.0 Å². The van der Waals surface area contributed by atoms with Crippen LogP contribution in [0, 0.1) is 0 Å². The first-order valence-electron chi connectivity index (χ1n) is 15.6. The highest BCUT2D eigenvalue weighted by molar-refractivity contribution is 8.76. The Balaban J connectivity index is 1.11. The van der Waals surface area contributed by atoms with Gasteiger partial charge in [0.2, 0.25) is 0 Å². The van der Waals surface area contributed by atoms with Crippen molar-refractivity contribution in [1.82, 2.24) is 4.98 Å². The molecule has 1 aliphatic heterocycles. The Hall–Kier alpha value is -1.96. The van der Waals surface area contributed by atoms with Crippen LogP contribution in [0.1, 0.15) is 101 Å². The molecule has 0 unspecified atom stereocenters. The van der Waals surface area contributed by atoms with Crippen molar-refractivity contribution in [2.75, 3.05) is 23.9 Å². The van der Waals surface area contributed by atoms with Gasteiger partial charge in [0.05, 0.1) is 16.8 Å². The number of benzene rings is 1. The van der Waals surface area contributed by atoms with Crippen LogP contribution in [0.2, 0.25) is 0 Å². The summed E-state index contributed by atoms with van der Waals surface area (Å²) in [5.41, 5.74) is 0.740. The smallest absolute Gasteiger partial charge is 0.481 e. The van der Waals surface area contributed by atoms with Gasteiger partial charge in [-0.2, -0.15) is 0 Å². The van der Waals surface area contributed by atoms with Gasteiger partial charge >= 0.3 is 18.1 Å². The van der Waals surface area contributed by atoms with Gasteiger partial charge in [-0.15, -0.1) is 23.1 Å². The predicted molar refractivity (Wildman–Crippen MR) is 184 cm³/mol. The lowest BCUT2D eigenvalue weighted by Crippen LogP contribution is -2.17. The lowest BCUT2D eigenvalue weighted by Gasteiger charge is -2.06. The highest BCUT2D eigenvalue weighted by atomic mass is 33.1. The van der Waals surface area contributed by atoms with Gasteiger partial charge in [-0.05, 0) is 31.4 Å². The molecule has 1 atom stereocenters. The standard InChI is InChI=1S/C31H44N2O7S4/c34-27(35)15-12-10-8-6-4-2-1-3-5-7-9-11-13-19-42-43-20-14-18-39-31(38)40-23-16-17-24-26(21-23)44-29(32-24)28-33-25(22-41-28)30(36)37/h16-17,21,25H,1-15,18-20,22H2,(H,34,35)(H,36,37)/t25-/m1/s1. The van der Waals surface area contributed by atoms with E-state index in [1.165, 1.54) is 93.7 Å². The second-order valence-corrected chi connectivity index (χ2v) is 15.4. The predicted octanol–water partition coefficient (Wildman–Crippen LogP) is 9.08. The number of aliphatic imine (C=N–C) groups is 1. The van der Waals surface area contributed by atoms with Crippen LogP contribution < -0.4 is 4.74 Å². The van der Waals surface area contributed by atoms with Gasteiger partial charge in [-0.3, -0.25) is 9.79 Å². The number of thiazole rings is 1. The molecular formula is C31H44N2O7S4. The van der Waals surface area contributed by atoms with Crippen LogP contribution >= 0.6 is 44.7 Å². The molecule has 0 aliphatic carbocycles. The number of carboxylic acids is 2. The maximum atomic E-state index is 12.1. The maximum Gasteiger partial charge on any atom is 0.513 e. The summed E-state index contributed by atoms with van der Waals surface area (Å²) in [7, 11) is 3.71. The summed E-state index contributed by atoms with van der Waals surface area (Å²) in [6, 6.07) is 4.43. The van der Waals surface area contributed by atoms with E-state index in [9.17, 15) is 14.4 Å². The number of nitrogens with zero attached hydrogens (tertiary/aromatic N) is 2. The Bertz CT molecular complexity index is 1210. The monoisotopic (exact) mass is 684 g/mol. The van der Waals surface area contributed by atoms with E-state index in [4.69, 9.17) is 19.7 Å². The number of carbonyl (C=O) groups excluding carboxylic acids is 1. The first-order valence-corrected chi connectivity index (χ1v) is 19.9. The third-order valence-electron chi connectivity index (χ3n) is 6.97. The van der Waals surface area contributed by atoms with E-state index in [0.29, 0.717) is 34.6 Å². The molecule has 0 radical (unpaired) electrons. The van der Waals surface area contributed by atoms with Crippen molar-refractivity contribution in [3.05, 3.63) is 23.2 Å².